The number of aromatic amines is 1. The van der Waals surface area contributed by atoms with Crippen LogP contribution in [0.15, 0.2) is 70.5 Å². The fourth-order valence-corrected chi connectivity index (χ4v) is 4.94. The lowest BCUT2D eigenvalue weighted by Crippen LogP contribution is -2.44. The number of carbonyl (C=O) groups excluding carboxylic acids is 1. The van der Waals surface area contributed by atoms with Crippen molar-refractivity contribution in [3.63, 3.8) is 0 Å². The van der Waals surface area contributed by atoms with Crippen LogP contribution >= 0.6 is 0 Å². The molecule has 2 heterocycles. The second-order valence-corrected chi connectivity index (χ2v) is 9.83. The molecular formula is C24H27N5O5S. The van der Waals surface area contributed by atoms with E-state index in [1.54, 1.807) is 43.5 Å². The van der Waals surface area contributed by atoms with Crippen LogP contribution in [0.5, 0.6) is 5.75 Å². The smallest absolute Gasteiger partial charge is 0.263 e. The normalized spacial score (nSPS) is 14.4. The number of aromatic nitrogens is 1. The summed E-state index contributed by atoms with van der Waals surface area (Å²) in [5.74, 6) is -0.0754. The summed E-state index contributed by atoms with van der Waals surface area (Å²) in [4.78, 5) is 32.5. The van der Waals surface area contributed by atoms with Crippen molar-refractivity contribution >= 4 is 33.0 Å². The number of likely N-dealkylation sites (N-methyl/N-ethyl adjacent to an activating group) is 1. The Bertz CT molecular complexity index is 1370. The number of nitrogens with zero attached hydrogens (tertiary/aromatic N) is 2. The minimum atomic E-state index is -4.00. The van der Waals surface area contributed by atoms with E-state index >= 15 is 0 Å². The molecule has 3 aromatic rings. The molecule has 2 aromatic carbocycles. The molecule has 1 fully saturated rings. The van der Waals surface area contributed by atoms with E-state index in [4.69, 9.17) is 4.74 Å². The van der Waals surface area contributed by atoms with Gasteiger partial charge in [0.05, 0.1) is 23.4 Å². The van der Waals surface area contributed by atoms with Crippen LogP contribution in [0.4, 0.5) is 17.1 Å². The number of rotatable bonds is 7. The minimum Gasteiger partial charge on any atom is -0.495 e. The Morgan fingerprint density at radius 1 is 1.03 bits per heavy atom. The largest absolute Gasteiger partial charge is 0.495 e. The molecule has 4 rings (SSSR count). The summed E-state index contributed by atoms with van der Waals surface area (Å²) in [7, 11) is -0.357. The highest BCUT2D eigenvalue weighted by atomic mass is 32.2. The number of carbonyl (C=O) groups is 1. The topological polar surface area (TPSA) is 124 Å². The second-order valence-electron chi connectivity index (χ2n) is 8.15. The molecule has 0 atom stereocenters. The van der Waals surface area contributed by atoms with Gasteiger partial charge in [-0.25, -0.2) is 8.42 Å². The molecule has 0 unspecified atom stereocenters. The van der Waals surface area contributed by atoms with Crippen LogP contribution in [0.2, 0.25) is 0 Å². The summed E-state index contributed by atoms with van der Waals surface area (Å²) in [6, 6.07) is 14.2. The molecule has 1 aromatic heterocycles. The van der Waals surface area contributed by atoms with Crippen LogP contribution in [0, 0.1) is 0 Å². The minimum absolute atomic E-state index is 0.0126. The zero-order chi connectivity index (χ0) is 25.0. The van der Waals surface area contributed by atoms with Gasteiger partial charge in [-0.1, -0.05) is 18.2 Å². The maximum Gasteiger partial charge on any atom is 0.263 e. The maximum absolute atomic E-state index is 13.1. The predicted octanol–water partition coefficient (Wildman–Crippen LogP) is 2.19. The van der Waals surface area contributed by atoms with Gasteiger partial charge in [0, 0.05) is 38.1 Å². The highest BCUT2D eigenvalue weighted by Crippen LogP contribution is 2.32. The van der Waals surface area contributed by atoms with Crippen LogP contribution in [-0.2, 0) is 10.0 Å². The number of nitrogens with one attached hydrogen (secondary N) is 3. The average Bonchev–Trinajstić information content (AvgIpc) is 2.85. The Kier molecular flexibility index (Phi) is 7.08. The molecule has 0 aliphatic carbocycles. The molecule has 0 saturated carbocycles. The van der Waals surface area contributed by atoms with Gasteiger partial charge in [-0.2, -0.15) is 0 Å². The molecule has 10 nitrogen and oxygen atoms in total. The molecule has 0 bridgehead atoms. The molecule has 1 aliphatic rings. The molecule has 1 aliphatic heterocycles. The summed E-state index contributed by atoms with van der Waals surface area (Å²) in [6.45, 7) is 3.39. The van der Waals surface area contributed by atoms with Gasteiger partial charge in [-0.15, -0.1) is 0 Å². The van der Waals surface area contributed by atoms with Gasteiger partial charge >= 0.3 is 0 Å². The van der Waals surface area contributed by atoms with E-state index in [0.717, 1.165) is 31.9 Å². The van der Waals surface area contributed by atoms with E-state index in [9.17, 15) is 18.0 Å². The first kappa shape index (κ1) is 24.3. The Labute approximate surface area is 203 Å². The fraction of sp³-hybridized carbons (Fsp3) is 0.250. The van der Waals surface area contributed by atoms with E-state index in [1.165, 1.54) is 24.4 Å². The highest BCUT2D eigenvalue weighted by molar-refractivity contribution is 7.92. The Hall–Kier alpha value is -3.83. The van der Waals surface area contributed by atoms with Crippen molar-refractivity contribution in [2.75, 3.05) is 55.3 Å². The SMILES string of the molecule is COc1ccc(NC(=O)c2c(NS(=O)(=O)c3ccccc3)cc[nH]c2=O)cc1N1CCN(C)CC1. The fourth-order valence-electron chi connectivity index (χ4n) is 3.85. The molecule has 1 saturated heterocycles. The summed E-state index contributed by atoms with van der Waals surface area (Å²) in [6.07, 6.45) is 1.28. The van der Waals surface area contributed by atoms with E-state index in [1.807, 2.05) is 0 Å². The third-order valence-electron chi connectivity index (χ3n) is 5.77. The number of benzene rings is 2. The van der Waals surface area contributed by atoms with Crippen molar-refractivity contribution < 1.29 is 17.9 Å². The summed E-state index contributed by atoms with van der Waals surface area (Å²) >= 11 is 0. The summed E-state index contributed by atoms with van der Waals surface area (Å²) in [5.41, 5.74) is 0.0886. The lowest BCUT2D eigenvalue weighted by molar-refractivity contribution is 0.102. The quantitative estimate of drug-likeness (QED) is 0.457. The van der Waals surface area contributed by atoms with E-state index < -0.39 is 21.5 Å². The second kappa shape index (κ2) is 10.2. The van der Waals surface area contributed by atoms with E-state index in [0.29, 0.717) is 11.4 Å². The zero-order valence-corrected chi connectivity index (χ0v) is 20.3. The van der Waals surface area contributed by atoms with Gasteiger partial charge in [0.2, 0.25) is 0 Å². The van der Waals surface area contributed by atoms with Crippen molar-refractivity contribution in [2.45, 2.75) is 4.90 Å². The standard InChI is InChI=1S/C24H27N5O5S/c1-28-12-14-29(15-13-28)20-16-17(8-9-21(20)34-2)26-24(31)22-19(10-11-25-23(22)30)27-35(32,33)18-6-4-3-5-7-18/h3-11,16H,12-15H2,1-2H3,(H,26,31)(H2,25,27,30). The van der Waals surface area contributed by atoms with Crippen molar-refractivity contribution in [2.24, 2.45) is 0 Å². The summed E-state index contributed by atoms with van der Waals surface area (Å²) in [5, 5.41) is 2.72. The monoisotopic (exact) mass is 497 g/mol. The zero-order valence-electron chi connectivity index (χ0n) is 19.4. The van der Waals surface area contributed by atoms with Gasteiger partial charge in [0.1, 0.15) is 11.3 Å². The highest BCUT2D eigenvalue weighted by Gasteiger charge is 2.23. The third kappa shape index (κ3) is 5.47. The molecule has 1 amide bonds. The number of hydrogen-bond donors (Lipinski definition) is 3. The molecule has 0 spiro atoms. The average molecular weight is 498 g/mol. The number of pyridine rings is 1. The van der Waals surface area contributed by atoms with Gasteiger partial charge in [-0.05, 0) is 43.4 Å². The number of anilines is 3. The number of sulfonamides is 1. The third-order valence-corrected chi connectivity index (χ3v) is 7.15. The summed E-state index contributed by atoms with van der Waals surface area (Å²) < 4.78 is 33.4. The number of piperazine rings is 1. The van der Waals surface area contributed by atoms with Crippen LogP contribution < -0.4 is 25.2 Å². The van der Waals surface area contributed by atoms with Gasteiger partial charge in [0.15, 0.2) is 0 Å². The van der Waals surface area contributed by atoms with Gasteiger partial charge < -0.3 is 24.8 Å². The molecule has 0 radical (unpaired) electrons. The predicted molar refractivity (Wildman–Crippen MR) is 135 cm³/mol. The van der Waals surface area contributed by atoms with E-state index in [-0.39, 0.29) is 16.1 Å². The number of methoxy groups -OCH3 is 1. The van der Waals surface area contributed by atoms with Gasteiger partial charge in [-0.3, -0.25) is 14.3 Å². The van der Waals surface area contributed by atoms with E-state index in [2.05, 4.69) is 31.9 Å². The maximum atomic E-state index is 13.1. The number of H-pyrrole nitrogens is 1. The van der Waals surface area contributed by atoms with Crippen molar-refractivity contribution in [1.29, 1.82) is 0 Å². The Balaban J connectivity index is 1.61. The molecular weight excluding hydrogens is 470 g/mol. The number of amides is 1. The van der Waals surface area contributed by atoms with Crippen molar-refractivity contribution in [3.8, 4) is 5.75 Å². The molecule has 35 heavy (non-hydrogen) atoms. The molecule has 11 heteroatoms. The lowest BCUT2D eigenvalue weighted by atomic mass is 10.2. The number of hydrogen-bond acceptors (Lipinski definition) is 7. The van der Waals surface area contributed by atoms with Crippen LogP contribution in [-0.4, -0.2) is 64.5 Å². The van der Waals surface area contributed by atoms with Crippen molar-refractivity contribution in [3.05, 3.63) is 76.7 Å². The lowest BCUT2D eigenvalue weighted by Gasteiger charge is -2.34. The van der Waals surface area contributed by atoms with Crippen LogP contribution in [0.3, 0.4) is 0 Å². The first-order chi connectivity index (χ1) is 16.8. The first-order valence-electron chi connectivity index (χ1n) is 11.0. The molecule has 184 valence electrons. The van der Waals surface area contributed by atoms with Crippen LogP contribution in [0.25, 0.3) is 0 Å². The van der Waals surface area contributed by atoms with Crippen molar-refractivity contribution in [1.82, 2.24) is 9.88 Å². The Morgan fingerprint density at radius 2 is 1.74 bits per heavy atom. The molecule has 3 N–H and O–H groups in total. The Morgan fingerprint density at radius 3 is 2.43 bits per heavy atom. The van der Waals surface area contributed by atoms with Gasteiger partial charge in [0.25, 0.3) is 21.5 Å². The van der Waals surface area contributed by atoms with Crippen LogP contribution in [0.1, 0.15) is 10.4 Å². The first-order valence-corrected chi connectivity index (χ1v) is 12.5. The number of ether oxygens (including phenoxy) is 1.